The molecule has 2 aromatic heterocycles. The minimum atomic E-state index is -0.887. The zero-order valence-corrected chi connectivity index (χ0v) is 15.5. The van der Waals surface area contributed by atoms with Gasteiger partial charge in [0.05, 0.1) is 17.7 Å². The summed E-state index contributed by atoms with van der Waals surface area (Å²) in [5.74, 6) is -0.484. The maximum Gasteiger partial charge on any atom is 0.332 e. The maximum absolute atomic E-state index is 12.7. The van der Waals surface area contributed by atoms with Crippen LogP contribution in [0.2, 0.25) is 0 Å². The van der Waals surface area contributed by atoms with Gasteiger partial charge < -0.3 is 15.5 Å². The van der Waals surface area contributed by atoms with Gasteiger partial charge in [-0.15, -0.1) is 0 Å². The molecular weight excluding hydrogens is 392 g/mol. The number of nitrogens with one attached hydrogen (secondary N) is 1. The second-order valence-corrected chi connectivity index (χ2v) is 6.20. The number of aromatic amines is 1. The van der Waals surface area contributed by atoms with Crippen LogP contribution in [-0.2, 0) is 0 Å². The van der Waals surface area contributed by atoms with Gasteiger partial charge in [-0.25, -0.2) is 19.3 Å². The van der Waals surface area contributed by atoms with Crippen molar-refractivity contribution in [2.45, 2.75) is 0 Å². The van der Waals surface area contributed by atoms with Gasteiger partial charge in [-0.2, -0.15) is 0 Å². The number of primary amides is 1. The van der Waals surface area contributed by atoms with Crippen molar-refractivity contribution in [3.63, 3.8) is 0 Å². The molecule has 0 saturated heterocycles. The number of imidazole rings is 1. The molecule has 30 heavy (non-hydrogen) atoms. The number of nitro benzene ring substituents is 1. The third kappa shape index (κ3) is 3.03. The van der Waals surface area contributed by atoms with Gasteiger partial charge in [0.2, 0.25) is 0 Å². The zero-order chi connectivity index (χ0) is 21.4. The lowest BCUT2D eigenvalue weighted by atomic mass is 10.2. The summed E-state index contributed by atoms with van der Waals surface area (Å²) in [6.07, 6.45) is 0. The summed E-state index contributed by atoms with van der Waals surface area (Å²) in [7, 11) is 1.46. The summed E-state index contributed by atoms with van der Waals surface area (Å²) < 4.78 is 6.55. The van der Waals surface area contributed by atoms with Gasteiger partial charge in [0.25, 0.3) is 11.6 Å². The molecule has 0 atom stereocenters. The monoisotopic (exact) mass is 406 g/mol. The number of hydrogen-bond donors (Lipinski definition) is 2. The molecule has 0 aliphatic heterocycles. The average molecular weight is 406 g/mol. The second-order valence-electron chi connectivity index (χ2n) is 6.20. The van der Waals surface area contributed by atoms with Gasteiger partial charge >= 0.3 is 5.69 Å². The van der Waals surface area contributed by atoms with Crippen molar-refractivity contribution in [2.75, 3.05) is 7.11 Å². The number of nitrogens with zero attached hydrogens (tertiary/aromatic N) is 4. The molecule has 0 bridgehead atoms. The zero-order valence-electron chi connectivity index (χ0n) is 15.5. The molecule has 2 aromatic carbocycles. The number of ether oxygens (including phenoxy) is 1. The number of fused-ring (bicyclic) bond motifs is 1. The highest BCUT2D eigenvalue weighted by atomic mass is 16.6. The lowest BCUT2D eigenvalue weighted by Gasteiger charge is -2.09. The molecule has 150 valence electrons. The highest BCUT2D eigenvalue weighted by Gasteiger charge is 2.22. The summed E-state index contributed by atoms with van der Waals surface area (Å²) in [6.45, 7) is 0. The third-order valence-electron chi connectivity index (χ3n) is 4.41. The van der Waals surface area contributed by atoms with Gasteiger partial charge in [0.1, 0.15) is 11.3 Å². The number of aromatic nitrogens is 4. The number of hydrogen-bond acceptors (Lipinski definition) is 7. The van der Waals surface area contributed by atoms with E-state index in [0.717, 1.165) is 0 Å². The first-order valence-electron chi connectivity index (χ1n) is 8.61. The van der Waals surface area contributed by atoms with E-state index in [0.29, 0.717) is 11.4 Å². The third-order valence-corrected chi connectivity index (χ3v) is 4.41. The molecule has 11 nitrogen and oxygen atoms in total. The number of methoxy groups -OCH3 is 1. The van der Waals surface area contributed by atoms with Crippen LogP contribution in [-0.4, -0.2) is 37.5 Å². The van der Waals surface area contributed by atoms with Crippen LogP contribution in [0.1, 0.15) is 10.5 Å². The van der Waals surface area contributed by atoms with Crippen molar-refractivity contribution in [2.24, 2.45) is 5.73 Å². The topological polar surface area (TPSA) is 159 Å². The fourth-order valence-corrected chi connectivity index (χ4v) is 3.09. The summed E-state index contributed by atoms with van der Waals surface area (Å²) in [5, 5.41) is 11.1. The van der Waals surface area contributed by atoms with Crippen LogP contribution in [0.3, 0.4) is 0 Å². The molecule has 0 aliphatic carbocycles. The highest BCUT2D eigenvalue weighted by molar-refractivity contribution is 6.02. The highest BCUT2D eigenvalue weighted by Crippen LogP contribution is 2.27. The van der Waals surface area contributed by atoms with Crippen LogP contribution in [0, 0.1) is 10.1 Å². The standard InChI is InChI=1S/C19H14N6O5/c1-30-13-8-3-2-7-12(13)24-18-15(22-19(24)27)14(16(20)26)21-17(23-18)10-5-4-6-11(9-10)25(28)29/h2-9H,1H3,(H2,20,26)(H,22,27). The van der Waals surface area contributed by atoms with E-state index in [2.05, 4.69) is 15.0 Å². The Morgan fingerprint density at radius 3 is 2.67 bits per heavy atom. The normalized spacial score (nSPS) is 10.8. The van der Waals surface area contributed by atoms with Crippen LogP contribution in [0.5, 0.6) is 5.75 Å². The Hall–Kier alpha value is -4.54. The van der Waals surface area contributed by atoms with Crippen LogP contribution < -0.4 is 16.2 Å². The summed E-state index contributed by atoms with van der Waals surface area (Å²) in [5.41, 5.74) is 5.29. The molecule has 11 heteroatoms. The number of para-hydroxylation sites is 2. The molecule has 0 radical (unpaired) electrons. The molecule has 0 aliphatic rings. The largest absolute Gasteiger partial charge is 0.495 e. The molecule has 2 heterocycles. The van der Waals surface area contributed by atoms with Gasteiger partial charge in [-0.1, -0.05) is 24.3 Å². The van der Waals surface area contributed by atoms with Crippen molar-refractivity contribution in [1.82, 2.24) is 19.5 Å². The lowest BCUT2D eigenvalue weighted by molar-refractivity contribution is -0.384. The van der Waals surface area contributed by atoms with Crippen molar-refractivity contribution in [3.05, 3.63) is 74.8 Å². The van der Waals surface area contributed by atoms with Crippen molar-refractivity contribution in [1.29, 1.82) is 0 Å². The van der Waals surface area contributed by atoms with Crippen LogP contribution in [0.4, 0.5) is 5.69 Å². The number of benzene rings is 2. The van der Waals surface area contributed by atoms with E-state index in [1.807, 2.05) is 0 Å². The Labute approximate surface area is 167 Å². The first kappa shape index (κ1) is 18.8. The maximum atomic E-state index is 12.7. The molecule has 4 aromatic rings. The van der Waals surface area contributed by atoms with E-state index in [-0.39, 0.29) is 33.9 Å². The van der Waals surface area contributed by atoms with Crippen LogP contribution >= 0.6 is 0 Å². The van der Waals surface area contributed by atoms with Crippen LogP contribution in [0.25, 0.3) is 28.2 Å². The number of carbonyl (C=O) groups excluding carboxylic acids is 1. The van der Waals surface area contributed by atoms with Gasteiger partial charge in [-0.3, -0.25) is 14.9 Å². The first-order chi connectivity index (χ1) is 14.4. The van der Waals surface area contributed by atoms with E-state index < -0.39 is 16.5 Å². The Morgan fingerprint density at radius 2 is 1.97 bits per heavy atom. The molecule has 0 fully saturated rings. The fraction of sp³-hybridized carbons (Fsp3) is 0.0526. The quantitative estimate of drug-likeness (QED) is 0.377. The molecule has 0 saturated carbocycles. The molecule has 1 amide bonds. The molecular formula is C19H14N6O5. The number of nitro groups is 1. The Balaban J connectivity index is 2.06. The van der Waals surface area contributed by atoms with E-state index >= 15 is 0 Å². The number of carbonyl (C=O) groups is 1. The number of H-pyrrole nitrogens is 1. The fourth-order valence-electron chi connectivity index (χ4n) is 3.09. The van der Waals surface area contributed by atoms with E-state index in [1.54, 1.807) is 30.3 Å². The van der Waals surface area contributed by atoms with Gasteiger partial charge in [-0.05, 0) is 12.1 Å². The predicted molar refractivity (Wildman–Crippen MR) is 107 cm³/mol. The minimum Gasteiger partial charge on any atom is -0.495 e. The number of amides is 1. The van der Waals surface area contributed by atoms with Gasteiger partial charge in [0, 0.05) is 17.7 Å². The summed E-state index contributed by atoms with van der Waals surface area (Å²) in [4.78, 5) is 46.4. The van der Waals surface area contributed by atoms with E-state index in [9.17, 15) is 19.7 Å². The SMILES string of the molecule is COc1ccccc1-n1c(=O)[nH]c2c(C(N)=O)nc(-c3cccc([N+](=O)[O-])c3)nc21. The number of rotatable bonds is 5. The lowest BCUT2D eigenvalue weighted by Crippen LogP contribution is -2.16. The Bertz CT molecular complexity index is 1370. The van der Waals surface area contributed by atoms with Crippen molar-refractivity contribution >= 4 is 22.8 Å². The minimum absolute atomic E-state index is 0.00245. The Morgan fingerprint density at radius 1 is 1.20 bits per heavy atom. The van der Waals surface area contributed by atoms with Crippen LogP contribution in [0.15, 0.2) is 53.3 Å². The number of non-ortho nitro benzene ring substituents is 1. The average Bonchev–Trinajstić information content (AvgIpc) is 3.08. The number of nitrogens with two attached hydrogens (primary N) is 1. The summed E-state index contributed by atoms with van der Waals surface area (Å²) in [6, 6.07) is 12.4. The van der Waals surface area contributed by atoms with Gasteiger partial charge in [0.15, 0.2) is 17.2 Å². The molecule has 3 N–H and O–H groups in total. The molecule has 4 rings (SSSR count). The Kier molecular flexibility index (Phi) is 4.47. The second kappa shape index (κ2) is 7.13. The molecule has 0 unspecified atom stereocenters. The van der Waals surface area contributed by atoms with E-state index in [4.69, 9.17) is 10.5 Å². The van der Waals surface area contributed by atoms with E-state index in [1.165, 1.54) is 29.9 Å². The molecule has 0 spiro atoms. The predicted octanol–water partition coefficient (Wildman–Crippen LogP) is 1.79. The van der Waals surface area contributed by atoms with Crippen molar-refractivity contribution < 1.29 is 14.5 Å². The van der Waals surface area contributed by atoms with Crippen molar-refractivity contribution in [3.8, 4) is 22.8 Å². The smallest absolute Gasteiger partial charge is 0.332 e. The summed E-state index contributed by atoms with van der Waals surface area (Å²) >= 11 is 0. The first-order valence-corrected chi connectivity index (χ1v) is 8.61.